The monoisotopic (exact) mass is 315 g/mol. The molecule has 1 aromatic rings. The number of hydrogen-bond acceptors (Lipinski definition) is 2. The van der Waals surface area contributed by atoms with Crippen molar-refractivity contribution in [2.75, 3.05) is 6.54 Å². The van der Waals surface area contributed by atoms with Gasteiger partial charge in [0.15, 0.2) is 0 Å². The summed E-state index contributed by atoms with van der Waals surface area (Å²) in [5.41, 5.74) is 2.74. The van der Waals surface area contributed by atoms with E-state index < -0.39 is 11.9 Å². The van der Waals surface area contributed by atoms with E-state index in [1.165, 1.54) is 11.1 Å². The van der Waals surface area contributed by atoms with E-state index in [4.69, 9.17) is 0 Å². The molecule has 3 atom stereocenters. The highest BCUT2D eigenvalue weighted by atomic mass is 16.4. The van der Waals surface area contributed by atoms with Crippen molar-refractivity contribution >= 4 is 11.9 Å². The molecule has 1 fully saturated rings. The van der Waals surface area contributed by atoms with Crippen LogP contribution in [0.5, 0.6) is 0 Å². The predicted molar refractivity (Wildman–Crippen MR) is 88.2 cm³/mol. The summed E-state index contributed by atoms with van der Waals surface area (Å²) in [6.07, 6.45) is 5.63. The van der Waals surface area contributed by atoms with Crippen molar-refractivity contribution in [1.29, 1.82) is 0 Å². The van der Waals surface area contributed by atoms with Crippen LogP contribution in [0.3, 0.4) is 0 Å². The average molecular weight is 315 g/mol. The Morgan fingerprint density at radius 3 is 2.91 bits per heavy atom. The zero-order chi connectivity index (χ0) is 16.4. The Balaban J connectivity index is 1.64. The lowest BCUT2D eigenvalue weighted by Gasteiger charge is -2.26. The van der Waals surface area contributed by atoms with E-state index in [0.29, 0.717) is 6.42 Å². The fraction of sp³-hybridized carbons (Fsp3) is 0.579. The molecule has 2 N–H and O–H groups in total. The van der Waals surface area contributed by atoms with Gasteiger partial charge in [-0.25, -0.2) is 0 Å². The number of hydrogen-bond donors (Lipinski definition) is 2. The van der Waals surface area contributed by atoms with Crippen LogP contribution in [0.25, 0.3) is 0 Å². The second-order valence-corrected chi connectivity index (χ2v) is 6.99. The van der Waals surface area contributed by atoms with E-state index in [9.17, 15) is 14.7 Å². The van der Waals surface area contributed by atoms with Gasteiger partial charge >= 0.3 is 5.97 Å². The van der Waals surface area contributed by atoms with Gasteiger partial charge in [0.1, 0.15) is 0 Å². The van der Waals surface area contributed by atoms with Crippen LogP contribution in [-0.4, -0.2) is 23.5 Å². The molecule has 23 heavy (non-hydrogen) atoms. The molecule has 4 heteroatoms. The standard InChI is InChI=1S/C19H25NO3/c1-2-6-14(18(22)23)12-20-17(21)16-11-19(16)10-5-8-13-7-3-4-9-15(13)19/h3-4,7,9,14,16H,2,5-6,8,10-12H2,1H3,(H,20,21)(H,22,23). The quantitative estimate of drug-likeness (QED) is 0.848. The Bertz CT molecular complexity index is 612. The summed E-state index contributed by atoms with van der Waals surface area (Å²) in [6.45, 7) is 2.21. The van der Waals surface area contributed by atoms with E-state index in [1.807, 2.05) is 6.92 Å². The van der Waals surface area contributed by atoms with Gasteiger partial charge in [0.25, 0.3) is 0 Å². The second-order valence-electron chi connectivity index (χ2n) is 6.99. The minimum atomic E-state index is -0.819. The minimum absolute atomic E-state index is 0.0139. The van der Waals surface area contributed by atoms with Crippen LogP contribution in [0.1, 0.15) is 50.2 Å². The van der Waals surface area contributed by atoms with Crippen molar-refractivity contribution in [1.82, 2.24) is 5.32 Å². The molecule has 3 unspecified atom stereocenters. The van der Waals surface area contributed by atoms with Crippen molar-refractivity contribution in [2.24, 2.45) is 11.8 Å². The largest absolute Gasteiger partial charge is 0.481 e. The molecule has 1 saturated carbocycles. The molecule has 1 aromatic carbocycles. The van der Waals surface area contributed by atoms with Gasteiger partial charge < -0.3 is 10.4 Å². The molecule has 0 bridgehead atoms. The molecule has 4 nitrogen and oxygen atoms in total. The first-order valence-corrected chi connectivity index (χ1v) is 8.67. The molecular weight excluding hydrogens is 290 g/mol. The van der Waals surface area contributed by atoms with Crippen LogP contribution in [0, 0.1) is 11.8 Å². The summed E-state index contributed by atoms with van der Waals surface area (Å²) in [5, 5.41) is 12.1. The molecule has 124 valence electrons. The van der Waals surface area contributed by atoms with Gasteiger partial charge in [0.2, 0.25) is 5.91 Å². The van der Waals surface area contributed by atoms with E-state index in [1.54, 1.807) is 0 Å². The lowest BCUT2D eigenvalue weighted by molar-refractivity contribution is -0.142. The number of benzene rings is 1. The second kappa shape index (κ2) is 6.34. The van der Waals surface area contributed by atoms with Gasteiger partial charge in [-0.15, -0.1) is 0 Å². The number of amides is 1. The highest BCUT2D eigenvalue weighted by Gasteiger charge is 2.59. The zero-order valence-electron chi connectivity index (χ0n) is 13.7. The predicted octanol–water partition coefficient (Wildman–Crippen LogP) is 2.90. The Morgan fingerprint density at radius 2 is 2.17 bits per heavy atom. The van der Waals surface area contributed by atoms with Crippen molar-refractivity contribution in [2.45, 2.75) is 50.9 Å². The number of rotatable bonds is 6. The molecule has 0 aromatic heterocycles. The lowest BCUT2D eigenvalue weighted by Crippen LogP contribution is -2.35. The van der Waals surface area contributed by atoms with E-state index in [0.717, 1.165) is 32.1 Å². The van der Waals surface area contributed by atoms with Gasteiger partial charge in [-0.3, -0.25) is 9.59 Å². The number of carbonyl (C=O) groups excluding carboxylic acids is 1. The van der Waals surface area contributed by atoms with Crippen LogP contribution in [-0.2, 0) is 21.4 Å². The topological polar surface area (TPSA) is 66.4 Å². The molecule has 0 aliphatic heterocycles. The molecule has 0 heterocycles. The fourth-order valence-electron chi connectivity index (χ4n) is 4.18. The summed E-state index contributed by atoms with van der Waals surface area (Å²) in [6, 6.07) is 8.46. The molecule has 1 spiro atoms. The maximum absolute atomic E-state index is 12.5. The first-order chi connectivity index (χ1) is 11.1. The van der Waals surface area contributed by atoms with Crippen molar-refractivity contribution in [3.05, 3.63) is 35.4 Å². The third-order valence-electron chi connectivity index (χ3n) is 5.52. The average Bonchev–Trinajstić information content (AvgIpc) is 3.26. The van der Waals surface area contributed by atoms with E-state index in [2.05, 4.69) is 29.6 Å². The summed E-state index contributed by atoms with van der Waals surface area (Å²) in [7, 11) is 0. The molecular formula is C19H25NO3. The maximum Gasteiger partial charge on any atom is 0.308 e. The van der Waals surface area contributed by atoms with Crippen LogP contribution < -0.4 is 5.32 Å². The van der Waals surface area contributed by atoms with Gasteiger partial charge in [-0.1, -0.05) is 37.6 Å². The van der Waals surface area contributed by atoms with Gasteiger partial charge in [0.05, 0.1) is 5.92 Å². The van der Waals surface area contributed by atoms with Crippen LogP contribution in [0.2, 0.25) is 0 Å². The van der Waals surface area contributed by atoms with Crippen LogP contribution in [0.4, 0.5) is 0 Å². The van der Waals surface area contributed by atoms with Crippen LogP contribution >= 0.6 is 0 Å². The Kier molecular flexibility index (Phi) is 4.42. The van der Waals surface area contributed by atoms with Crippen molar-refractivity contribution < 1.29 is 14.7 Å². The molecule has 2 aliphatic rings. The molecule has 0 radical (unpaired) electrons. The summed E-state index contributed by atoms with van der Waals surface area (Å²) < 4.78 is 0. The number of carboxylic acid groups (broad SMARTS) is 1. The zero-order valence-corrected chi connectivity index (χ0v) is 13.7. The Morgan fingerprint density at radius 1 is 1.39 bits per heavy atom. The number of fused-ring (bicyclic) bond motifs is 2. The normalized spacial score (nSPS) is 26.4. The maximum atomic E-state index is 12.5. The summed E-state index contributed by atoms with van der Waals surface area (Å²) in [5.74, 6) is -1.25. The number of carbonyl (C=O) groups is 2. The van der Waals surface area contributed by atoms with Gasteiger partial charge in [0, 0.05) is 17.9 Å². The van der Waals surface area contributed by atoms with Crippen molar-refractivity contribution in [3.63, 3.8) is 0 Å². The first kappa shape index (κ1) is 16.0. The third kappa shape index (κ3) is 2.99. The number of nitrogens with one attached hydrogen (secondary N) is 1. The van der Waals surface area contributed by atoms with Gasteiger partial charge in [-0.2, -0.15) is 0 Å². The Hall–Kier alpha value is -1.84. The Labute approximate surface area is 137 Å². The number of aryl methyl sites for hydroxylation is 1. The molecule has 3 rings (SSSR count). The number of carboxylic acids is 1. The summed E-state index contributed by atoms with van der Waals surface area (Å²) >= 11 is 0. The highest BCUT2D eigenvalue weighted by Crippen LogP contribution is 2.60. The minimum Gasteiger partial charge on any atom is -0.481 e. The van der Waals surface area contributed by atoms with E-state index >= 15 is 0 Å². The van der Waals surface area contributed by atoms with Crippen molar-refractivity contribution in [3.8, 4) is 0 Å². The smallest absolute Gasteiger partial charge is 0.308 e. The van der Waals surface area contributed by atoms with Gasteiger partial charge in [-0.05, 0) is 43.2 Å². The fourth-order valence-corrected chi connectivity index (χ4v) is 4.18. The van der Waals surface area contributed by atoms with Crippen LogP contribution in [0.15, 0.2) is 24.3 Å². The SMILES string of the molecule is CCCC(CNC(=O)C1CC12CCCc1ccccc12)C(=O)O. The molecule has 0 saturated heterocycles. The summed E-state index contributed by atoms with van der Waals surface area (Å²) in [4.78, 5) is 23.7. The van der Waals surface area contributed by atoms with E-state index in [-0.39, 0.29) is 23.8 Å². The molecule has 1 amide bonds. The molecule has 2 aliphatic carbocycles. The third-order valence-corrected chi connectivity index (χ3v) is 5.52. The first-order valence-electron chi connectivity index (χ1n) is 8.67. The lowest BCUT2D eigenvalue weighted by atomic mass is 9.78. The number of aliphatic carboxylic acids is 1. The highest BCUT2D eigenvalue weighted by molar-refractivity contribution is 5.85.